The standard InChI is InChI=1S/C19H21Cl2NOS/c1-11-5-8-18(12(2)9-11)24-14(4)19(23)22-13(3)16-7-6-15(20)10-17(16)21/h5-10,13-14H,1-4H3,(H,22,23)/t13-,14+/m0/s1. The van der Waals surface area contributed by atoms with E-state index in [-0.39, 0.29) is 17.2 Å². The van der Waals surface area contributed by atoms with Crippen LogP contribution >= 0.6 is 35.0 Å². The monoisotopic (exact) mass is 381 g/mol. The highest BCUT2D eigenvalue weighted by Crippen LogP contribution is 2.29. The van der Waals surface area contributed by atoms with Crippen LogP contribution < -0.4 is 5.32 Å². The van der Waals surface area contributed by atoms with E-state index in [1.54, 1.807) is 23.9 Å². The molecular formula is C19H21Cl2NOS. The van der Waals surface area contributed by atoms with Crippen molar-refractivity contribution in [3.05, 3.63) is 63.1 Å². The van der Waals surface area contributed by atoms with Crippen LogP contribution in [0, 0.1) is 13.8 Å². The Morgan fingerprint density at radius 3 is 2.42 bits per heavy atom. The molecule has 2 nitrogen and oxygen atoms in total. The van der Waals surface area contributed by atoms with Crippen molar-refractivity contribution >= 4 is 40.9 Å². The quantitative estimate of drug-likeness (QED) is 0.646. The Balaban J connectivity index is 2.02. The van der Waals surface area contributed by atoms with E-state index in [1.807, 2.05) is 19.9 Å². The van der Waals surface area contributed by atoms with Gasteiger partial charge in [0.1, 0.15) is 0 Å². The number of thioether (sulfide) groups is 1. The number of carbonyl (C=O) groups excluding carboxylic acids is 1. The number of carbonyl (C=O) groups is 1. The van der Waals surface area contributed by atoms with E-state index in [1.165, 1.54) is 11.1 Å². The van der Waals surface area contributed by atoms with E-state index in [0.29, 0.717) is 10.0 Å². The summed E-state index contributed by atoms with van der Waals surface area (Å²) in [5.41, 5.74) is 3.27. The number of hydrogen-bond acceptors (Lipinski definition) is 2. The fourth-order valence-corrected chi connectivity index (χ4v) is 3.96. The minimum Gasteiger partial charge on any atom is -0.349 e. The maximum atomic E-state index is 12.5. The van der Waals surface area contributed by atoms with Crippen molar-refractivity contribution in [1.82, 2.24) is 5.32 Å². The predicted octanol–water partition coefficient (Wildman–Crippen LogP) is 5.97. The fourth-order valence-electron chi connectivity index (χ4n) is 2.44. The Kier molecular flexibility index (Phi) is 6.62. The highest BCUT2D eigenvalue weighted by molar-refractivity contribution is 8.00. The van der Waals surface area contributed by atoms with Crippen molar-refractivity contribution in [3.63, 3.8) is 0 Å². The maximum Gasteiger partial charge on any atom is 0.233 e. The fraction of sp³-hybridized carbons (Fsp3) is 0.316. The number of rotatable bonds is 5. The maximum absolute atomic E-state index is 12.5. The van der Waals surface area contributed by atoms with Crippen LogP contribution in [0.25, 0.3) is 0 Å². The van der Waals surface area contributed by atoms with Crippen molar-refractivity contribution in [2.75, 3.05) is 0 Å². The lowest BCUT2D eigenvalue weighted by molar-refractivity contribution is -0.120. The summed E-state index contributed by atoms with van der Waals surface area (Å²) in [6, 6.07) is 11.4. The zero-order valence-electron chi connectivity index (χ0n) is 14.2. The zero-order chi connectivity index (χ0) is 17.9. The molecule has 24 heavy (non-hydrogen) atoms. The van der Waals surface area contributed by atoms with Crippen molar-refractivity contribution in [3.8, 4) is 0 Å². The Morgan fingerprint density at radius 2 is 1.79 bits per heavy atom. The lowest BCUT2D eigenvalue weighted by Gasteiger charge is -2.19. The molecule has 0 heterocycles. The second kappa shape index (κ2) is 8.28. The predicted molar refractivity (Wildman–Crippen MR) is 104 cm³/mol. The van der Waals surface area contributed by atoms with Gasteiger partial charge in [0.05, 0.1) is 11.3 Å². The van der Waals surface area contributed by atoms with Crippen molar-refractivity contribution < 1.29 is 4.79 Å². The zero-order valence-corrected chi connectivity index (χ0v) is 16.5. The molecule has 0 saturated carbocycles. The van der Waals surface area contributed by atoms with Gasteiger partial charge in [0.2, 0.25) is 5.91 Å². The summed E-state index contributed by atoms with van der Waals surface area (Å²) in [6.07, 6.45) is 0. The first-order chi connectivity index (χ1) is 11.3. The first-order valence-corrected chi connectivity index (χ1v) is 9.40. The van der Waals surface area contributed by atoms with Gasteiger partial charge in [-0.05, 0) is 57.0 Å². The number of amides is 1. The molecule has 2 aromatic rings. The van der Waals surface area contributed by atoms with Crippen LogP contribution in [0.4, 0.5) is 0 Å². The van der Waals surface area contributed by atoms with Gasteiger partial charge in [0.25, 0.3) is 0 Å². The van der Waals surface area contributed by atoms with E-state index in [2.05, 4.69) is 37.4 Å². The van der Waals surface area contributed by atoms with Crippen LogP contribution in [-0.4, -0.2) is 11.2 Å². The molecule has 5 heteroatoms. The van der Waals surface area contributed by atoms with Gasteiger partial charge in [0, 0.05) is 14.9 Å². The molecule has 0 spiro atoms. The molecule has 128 valence electrons. The Labute approximate surface area is 157 Å². The van der Waals surface area contributed by atoms with Gasteiger partial charge in [-0.3, -0.25) is 4.79 Å². The lowest BCUT2D eigenvalue weighted by Crippen LogP contribution is -2.33. The van der Waals surface area contributed by atoms with Gasteiger partial charge in [-0.25, -0.2) is 0 Å². The van der Waals surface area contributed by atoms with Gasteiger partial charge in [-0.15, -0.1) is 11.8 Å². The molecule has 0 aliphatic carbocycles. The lowest BCUT2D eigenvalue weighted by atomic mass is 10.1. The molecule has 1 amide bonds. The highest BCUT2D eigenvalue weighted by atomic mass is 35.5. The Hall–Kier alpha value is -1.16. The van der Waals surface area contributed by atoms with Crippen molar-refractivity contribution in [2.45, 2.75) is 43.9 Å². The summed E-state index contributed by atoms with van der Waals surface area (Å²) in [7, 11) is 0. The summed E-state index contributed by atoms with van der Waals surface area (Å²) >= 11 is 13.7. The third-order valence-corrected chi connectivity index (χ3v) is 5.63. The number of benzene rings is 2. The third-order valence-electron chi connectivity index (χ3n) is 3.79. The smallest absolute Gasteiger partial charge is 0.233 e. The van der Waals surface area contributed by atoms with E-state index in [4.69, 9.17) is 23.2 Å². The molecule has 2 atom stereocenters. The van der Waals surface area contributed by atoms with Gasteiger partial charge in [-0.2, -0.15) is 0 Å². The largest absolute Gasteiger partial charge is 0.349 e. The van der Waals surface area contributed by atoms with Crippen molar-refractivity contribution in [2.24, 2.45) is 0 Å². The topological polar surface area (TPSA) is 29.1 Å². The number of hydrogen-bond donors (Lipinski definition) is 1. The van der Waals surface area contributed by atoms with Crippen LogP contribution in [0.15, 0.2) is 41.3 Å². The number of halogens is 2. The average Bonchev–Trinajstić information content (AvgIpc) is 2.49. The van der Waals surface area contributed by atoms with E-state index >= 15 is 0 Å². The summed E-state index contributed by atoms with van der Waals surface area (Å²) in [5.74, 6) is -0.0153. The number of aryl methyl sites for hydroxylation is 2. The molecule has 0 aromatic heterocycles. The molecule has 0 radical (unpaired) electrons. The molecule has 2 aromatic carbocycles. The second-order valence-corrected chi connectivity index (χ2v) is 8.15. The van der Waals surface area contributed by atoms with Crippen molar-refractivity contribution in [1.29, 1.82) is 0 Å². The SMILES string of the molecule is Cc1ccc(S[C@H](C)C(=O)N[C@@H](C)c2ccc(Cl)cc2Cl)c(C)c1. The average molecular weight is 382 g/mol. The number of nitrogens with one attached hydrogen (secondary N) is 1. The first kappa shape index (κ1) is 19.2. The molecule has 0 fully saturated rings. The Morgan fingerprint density at radius 1 is 1.08 bits per heavy atom. The minimum absolute atomic E-state index is 0.0153. The molecule has 0 aliphatic heterocycles. The van der Waals surface area contributed by atoms with E-state index in [0.717, 1.165) is 10.5 Å². The summed E-state index contributed by atoms with van der Waals surface area (Å²) < 4.78 is 0. The molecule has 0 unspecified atom stereocenters. The van der Waals surface area contributed by atoms with Gasteiger partial charge < -0.3 is 5.32 Å². The summed E-state index contributed by atoms with van der Waals surface area (Å²) in [6.45, 7) is 7.96. The van der Waals surface area contributed by atoms with E-state index in [9.17, 15) is 4.79 Å². The minimum atomic E-state index is -0.195. The second-order valence-electron chi connectivity index (χ2n) is 5.93. The van der Waals surface area contributed by atoms with Crippen LogP contribution in [0.5, 0.6) is 0 Å². The van der Waals surface area contributed by atoms with Crippen LogP contribution in [-0.2, 0) is 4.79 Å². The van der Waals surface area contributed by atoms with Gasteiger partial charge in [-0.1, -0.05) is 47.0 Å². The highest BCUT2D eigenvalue weighted by Gasteiger charge is 2.19. The van der Waals surface area contributed by atoms with Crippen LogP contribution in [0.1, 0.15) is 36.6 Å². The summed E-state index contributed by atoms with van der Waals surface area (Å²) in [5, 5.41) is 3.97. The van der Waals surface area contributed by atoms with Gasteiger partial charge in [0.15, 0.2) is 0 Å². The molecule has 0 saturated heterocycles. The van der Waals surface area contributed by atoms with E-state index < -0.39 is 0 Å². The Bertz CT molecular complexity index is 748. The molecule has 2 rings (SSSR count). The normalized spacial score (nSPS) is 13.4. The van der Waals surface area contributed by atoms with Crippen LogP contribution in [0.3, 0.4) is 0 Å². The molecule has 0 aliphatic rings. The molecule has 0 bridgehead atoms. The molecule has 1 N–H and O–H groups in total. The molecular weight excluding hydrogens is 361 g/mol. The van der Waals surface area contributed by atoms with Crippen LogP contribution in [0.2, 0.25) is 10.0 Å². The first-order valence-electron chi connectivity index (χ1n) is 7.77. The third kappa shape index (κ3) is 4.92. The van der Waals surface area contributed by atoms with Gasteiger partial charge >= 0.3 is 0 Å². The summed E-state index contributed by atoms with van der Waals surface area (Å²) in [4.78, 5) is 13.6.